The molecule has 32 heavy (non-hydrogen) atoms. The summed E-state index contributed by atoms with van der Waals surface area (Å²) in [4.78, 5) is 24.4. The van der Waals surface area contributed by atoms with E-state index in [4.69, 9.17) is 10.5 Å². The quantitative estimate of drug-likeness (QED) is 0.449. The van der Waals surface area contributed by atoms with Crippen LogP contribution in [-0.4, -0.2) is 18.5 Å². The normalized spacial score (nSPS) is 10.4. The standard InChI is InChI=1S/C26H29N3O3/c27-18-23-12-5-4-10-21(23)14-15-25(30)29-24-13-7-6-11-22(24)16-17-28-26(31)32-19-20-8-2-1-3-9-20/h1-13H,14-19,27H2,(H,28,31)(H,29,30). The minimum absolute atomic E-state index is 0.0560. The average molecular weight is 432 g/mol. The first kappa shape index (κ1) is 23.0. The van der Waals surface area contributed by atoms with Gasteiger partial charge in [-0.1, -0.05) is 72.8 Å². The molecule has 0 aliphatic carbocycles. The van der Waals surface area contributed by atoms with Gasteiger partial charge in [-0.25, -0.2) is 4.79 Å². The molecular weight excluding hydrogens is 402 g/mol. The van der Waals surface area contributed by atoms with Crippen LogP contribution in [-0.2, 0) is 35.5 Å². The zero-order chi connectivity index (χ0) is 22.6. The second-order valence-electron chi connectivity index (χ2n) is 7.42. The Bertz CT molecular complexity index is 1020. The van der Waals surface area contributed by atoms with Crippen LogP contribution in [0.25, 0.3) is 0 Å². The minimum atomic E-state index is -0.464. The minimum Gasteiger partial charge on any atom is -0.445 e. The maximum absolute atomic E-state index is 12.5. The summed E-state index contributed by atoms with van der Waals surface area (Å²) in [5.74, 6) is -0.0560. The fourth-order valence-corrected chi connectivity index (χ4v) is 3.40. The van der Waals surface area contributed by atoms with Crippen molar-refractivity contribution in [1.82, 2.24) is 5.32 Å². The Kier molecular flexibility index (Phi) is 8.83. The molecule has 4 N–H and O–H groups in total. The van der Waals surface area contributed by atoms with E-state index < -0.39 is 6.09 Å². The molecule has 0 aliphatic heterocycles. The van der Waals surface area contributed by atoms with Crippen molar-refractivity contribution < 1.29 is 14.3 Å². The molecule has 6 heteroatoms. The van der Waals surface area contributed by atoms with E-state index in [0.717, 1.165) is 27.9 Å². The number of ether oxygens (including phenoxy) is 1. The fraction of sp³-hybridized carbons (Fsp3) is 0.231. The van der Waals surface area contributed by atoms with Crippen molar-refractivity contribution in [3.8, 4) is 0 Å². The summed E-state index contributed by atoms with van der Waals surface area (Å²) < 4.78 is 5.22. The summed E-state index contributed by atoms with van der Waals surface area (Å²) in [6, 6.07) is 25.0. The first-order chi connectivity index (χ1) is 15.7. The lowest BCUT2D eigenvalue weighted by atomic mass is 10.0. The third-order valence-corrected chi connectivity index (χ3v) is 5.13. The molecule has 0 unspecified atom stereocenters. The molecule has 166 valence electrons. The number of hydrogen-bond acceptors (Lipinski definition) is 4. The Morgan fingerprint density at radius 3 is 2.19 bits per heavy atom. The van der Waals surface area contributed by atoms with Gasteiger partial charge in [0.1, 0.15) is 6.61 Å². The van der Waals surface area contributed by atoms with E-state index in [-0.39, 0.29) is 12.5 Å². The van der Waals surface area contributed by atoms with Gasteiger partial charge in [0, 0.05) is 25.2 Å². The Hall–Kier alpha value is -3.64. The SMILES string of the molecule is NCc1ccccc1CCC(=O)Nc1ccccc1CCNC(=O)OCc1ccccc1. The summed E-state index contributed by atoms with van der Waals surface area (Å²) in [7, 11) is 0. The van der Waals surface area contributed by atoms with Crippen molar-refractivity contribution >= 4 is 17.7 Å². The third kappa shape index (κ3) is 7.25. The second kappa shape index (κ2) is 12.3. The van der Waals surface area contributed by atoms with Gasteiger partial charge in [-0.15, -0.1) is 0 Å². The van der Waals surface area contributed by atoms with E-state index in [1.54, 1.807) is 0 Å². The van der Waals surface area contributed by atoms with E-state index in [9.17, 15) is 9.59 Å². The van der Waals surface area contributed by atoms with E-state index in [1.165, 1.54) is 0 Å². The maximum atomic E-state index is 12.5. The first-order valence-corrected chi connectivity index (χ1v) is 10.7. The number of aryl methyl sites for hydroxylation is 1. The second-order valence-corrected chi connectivity index (χ2v) is 7.42. The molecule has 0 bridgehead atoms. The molecule has 0 saturated heterocycles. The molecule has 0 heterocycles. The highest BCUT2D eigenvalue weighted by Crippen LogP contribution is 2.17. The number of rotatable bonds is 10. The van der Waals surface area contributed by atoms with Gasteiger partial charge < -0.3 is 21.1 Å². The van der Waals surface area contributed by atoms with Crippen molar-refractivity contribution in [2.45, 2.75) is 32.4 Å². The zero-order valence-electron chi connectivity index (χ0n) is 18.1. The number of carbonyl (C=O) groups is 2. The van der Waals surface area contributed by atoms with Gasteiger partial charge in [-0.05, 0) is 41.2 Å². The highest BCUT2D eigenvalue weighted by molar-refractivity contribution is 5.91. The molecule has 0 atom stereocenters. The van der Waals surface area contributed by atoms with Crippen LogP contribution >= 0.6 is 0 Å². The Balaban J connectivity index is 1.45. The highest BCUT2D eigenvalue weighted by Gasteiger charge is 2.09. The molecule has 0 fully saturated rings. The molecule has 0 aliphatic rings. The smallest absolute Gasteiger partial charge is 0.407 e. The average Bonchev–Trinajstić information content (AvgIpc) is 2.83. The number of alkyl carbamates (subject to hydrolysis) is 1. The van der Waals surface area contributed by atoms with Crippen molar-refractivity contribution in [3.63, 3.8) is 0 Å². The Morgan fingerprint density at radius 1 is 0.781 bits per heavy atom. The fourth-order valence-electron chi connectivity index (χ4n) is 3.40. The molecule has 3 aromatic carbocycles. The molecule has 0 saturated carbocycles. The van der Waals surface area contributed by atoms with Crippen molar-refractivity contribution in [3.05, 3.63) is 101 Å². The number of carbonyl (C=O) groups excluding carboxylic acids is 2. The highest BCUT2D eigenvalue weighted by atomic mass is 16.5. The van der Waals surface area contributed by atoms with Crippen molar-refractivity contribution in [2.24, 2.45) is 5.73 Å². The molecule has 3 rings (SSSR count). The third-order valence-electron chi connectivity index (χ3n) is 5.13. The molecule has 3 aromatic rings. The first-order valence-electron chi connectivity index (χ1n) is 10.7. The van der Waals surface area contributed by atoms with Crippen LogP contribution < -0.4 is 16.4 Å². The van der Waals surface area contributed by atoms with E-state index >= 15 is 0 Å². The predicted molar refractivity (Wildman–Crippen MR) is 126 cm³/mol. The molecule has 0 spiro atoms. The van der Waals surface area contributed by atoms with Gasteiger partial charge in [0.15, 0.2) is 0 Å². The van der Waals surface area contributed by atoms with Gasteiger partial charge >= 0.3 is 6.09 Å². The van der Waals surface area contributed by atoms with E-state index in [0.29, 0.717) is 32.4 Å². The molecule has 0 aromatic heterocycles. The summed E-state index contributed by atoms with van der Waals surface area (Å²) >= 11 is 0. The monoisotopic (exact) mass is 431 g/mol. The van der Waals surface area contributed by atoms with Crippen LogP contribution in [0.2, 0.25) is 0 Å². The van der Waals surface area contributed by atoms with E-state index in [2.05, 4.69) is 10.6 Å². The van der Waals surface area contributed by atoms with Gasteiger partial charge in [-0.2, -0.15) is 0 Å². The van der Waals surface area contributed by atoms with Gasteiger partial charge in [-0.3, -0.25) is 4.79 Å². The zero-order valence-corrected chi connectivity index (χ0v) is 18.1. The number of hydrogen-bond donors (Lipinski definition) is 3. The van der Waals surface area contributed by atoms with Crippen LogP contribution in [0, 0.1) is 0 Å². The largest absolute Gasteiger partial charge is 0.445 e. The number of benzene rings is 3. The summed E-state index contributed by atoms with van der Waals surface area (Å²) in [6.07, 6.45) is 1.12. The summed E-state index contributed by atoms with van der Waals surface area (Å²) in [5.41, 5.74) is 10.6. The summed E-state index contributed by atoms with van der Waals surface area (Å²) in [6.45, 7) is 1.10. The lowest BCUT2D eigenvalue weighted by Gasteiger charge is -2.12. The molecule has 6 nitrogen and oxygen atoms in total. The van der Waals surface area contributed by atoms with Crippen LogP contribution in [0.3, 0.4) is 0 Å². The Labute approximate surface area is 188 Å². The van der Waals surface area contributed by atoms with Crippen molar-refractivity contribution in [1.29, 1.82) is 0 Å². The molecular formula is C26H29N3O3. The summed E-state index contributed by atoms with van der Waals surface area (Å²) in [5, 5.41) is 5.74. The van der Waals surface area contributed by atoms with Gasteiger partial charge in [0.2, 0.25) is 5.91 Å². The number of nitrogens with two attached hydrogens (primary N) is 1. The van der Waals surface area contributed by atoms with Gasteiger partial charge in [0.25, 0.3) is 0 Å². The lowest BCUT2D eigenvalue weighted by Crippen LogP contribution is -2.26. The number of amides is 2. The maximum Gasteiger partial charge on any atom is 0.407 e. The van der Waals surface area contributed by atoms with Crippen LogP contribution in [0.15, 0.2) is 78.9 Å². The van der Waals surface area contributed by atoms with Crippen LogP contribution in [0.5, 0.6) is 0 Å². The lowest BCUT2D eigenvalue weighted by molar-refractivity contribution is -0.116. The number of anilines is 1. The van der Waals surface area contributed by atoms with Gasteiger partial charge in [0.05, 0.1) is 0 Å². The molecule has 2 amide bonds. The predicted octanol–water partition coefficient (Wildman–Crippen LogP) is 4.19. The van der Waals surface area contributed by atoms with Crippen molar-refractivity contribution in [2.75, 3.05) is 11.9 Å². The van der Waals surface area contributed by atoms with Crippen LogP contribution in [0.4, 0.5) is 10.5 Å². The molecule has 0 radical (unpaired) electrons. The van der Waals surface area contributed by atoms with E-state index in [1.807, 2.05) is 78.9 Å². The number of nitrogens with one attached hydrogen (secondary N) is 2. The van der Waals surface area contributed by atoms with Crippen LogP contribution in [0.1, 0.15) is 28.7 Å². The topological polar surface area (TPSA) is 93.5 Å². The number of para-hydroxylation sites is 1. The Morgan fingerprint density at radius 2 is 1.44 bits per heavy atom.